The van der Waals surface area contributed by atoms with Gasteiger partial charge in [-0.2, -0.15) is 0 Å². The molecule has 2 aromatic rings. The summed E-state index contributed by atoms with van der Waals surface area (Å²) < 4.78 is 10.8. The number of nitrogens with zero attached hydrogens (tertiary/aromatic N) is 1. The number of carbonyl (C=O) groups excluding carboxylic acids is 2. The lowest BCUT2D eigenvalue weighted by molar-refractivity contribution is -0.124. The number of amides is 1. The number of hydrogen-bond donors (Lipinski definition) is 1. The summed E-state index contributed by atoms with van der Waals surface area (Å²) in [6.07, 6.45) is 5.87. The fraction of sp³-hybridized carbons (Fsp3) is 0.476. The van der Waals surface area contributed by atoms with Gasteiger partial charge < -0.3 is 14.8 Å². The topological polar surface area (TPSA) is 77.5 Å². The van der Waals surface area contributed by atoms with Gasteiger partial charge in [-0.15, -0.1) is 0 Å². The van der Waals surface area contributed by atoms with E-state index in [0.29, 0.717) is 12.1 Å². The van der Waals surface area contributed by atoms with Gasteiger partial charge >= 0.3 is 5.97 Å². The van der Waals surface area contributed by atoms with E-state index in [1.807, 2.05) is 24.3 Å². The van der Waals surface area contributed by atoms with E-state index in [1.165, 1.54) is 0 Å². The van der Waals surface area contributed by atoms with E-state index in [4.69, 9.17) is 14.5 Å². The number of aromatic nitrogens is 1. The third-order valence-corrected chi connectivity index (χ3v) is 5.26. The molecule has 2 aliphatic rings. The summed E-state index contributed by atoms with van der Waals surface area (Å²) >= 11 is 0. The predicted octanol–water partition coefficient (Wildman–Crippen LogP) is 2.57. The number of ether oxygens (including phenoxy) is 2. The van der Waals surface area contributed by atoms with Crippen LogP contribution in [0.15, 0.2) is 24.3 Å². The summed E-state index contributed by atoms with van der Waals surface area (Å²) in [7, 11) is 0. The molecule has 1 aromatic heterocycles. The highest BCUT2D eigenvalue weighted by atomic mass is 16.5. The van der Waals surface area contributed by atoms with E-state index < -0.39 is 5.97 Å². The molecule has 1 amide bonds. The standard InChI is InChI=1S/C21H24N2O4/c24-19(22-12-14-6-5-11-26-14)13-27-21(25)20-15-7-1-3-9-17(15)23-18-10-4-2-8-16(18)20/h1,3,7,9,14H,2,4-6,8,10-13H2,(H,22,24). The minimum atomic E-state index is -0.445. The zero-order valence-corrected chi connectivity index (χ0v) is 15.3. The van der Waals surface area contributed by atoms with Crippen LogP contribution in [-0.4, -0.2) is 42.7 Å². The highest BCUT2D eigenvalue weighted by Gasteiger charge is 2.24. The highest BCUT2D eigenvalue weighted by Crippen LogP contribution is 2.29. The second kappa shape index (κ2) is 8.05. The first kappa shape index (κ1) is 17.9. The summed E-state index contributed by atoms with van der Waals surface area (Å²) in [6.45, 7) is 0.927. The third kappa shape index (κ3) is 3.95. The fourth-order valence-electron chi connectivity index (χ4n) is 3.89. The SMILES string of the molecule is O=C(COC(=O)c1c2c(nc3ccccc13)CCCC2)NCC1CCCO1. The molecule has 0 radical (unpaired) electrons. The summed E-state index contributed by atoms with van der Waals surface area (Å²) in [5.74, 6) is -0.745. The second-order valence-electron chi connectivity index (χ2n) is 7.15. The molecule has 1 unspecified atom stereocenters. The quantitative estimate of drug-likeness (QED) is 0.821. The van der Waals surface area contributed by atoms with Gasteiger partial charge in [0.15, 0.2) is 6.61 Å². The van der Waals surface area contributed by atoms with Crippen LogP contribution in [0.25, 0.3) is 10.9 Å². The van der Waals surface area contributed by atoms with Crippen LogP contribution in [-0.2, 0) is 27.1 Å². The Balaban J connectivity index is 1.48. The van der Waals surface area contributed by atoms with E-state index in [9.17, 15) is 9.59 Å². The lowest BCUT2D eigenvalue weighted by Crippen LogP contribution is -2.35. The Labute approximate surface area is 158 Å². The van der Waals surface area contributed by atoms with Crippen molar-refractivity contribution >= 4 is 22.8 Å². The van der Waals surface area contributed by atoms with Gasteiger partial charge in [-0.05, 0) is 50.2 Å². The number of nitrogens with one attached hydrogen (secondary N) is 1. The molecule has 1 atom stereocenters. The van der Waals surface area contributed by atoms with Gasteiger partial charge in [0.2, 0.25) is 0 Å². The average molecular weight is 368 g/mol. The van der Waals surface area contributed by atoms with Crippen molar-refractivity contribution in [3.8, 4) is 0 Å². The Hall–Kier alpha value is -2.47. The maximum Gasteiger partial charge on any atom is 0.339 e. The van der Waals surface area contributed by atoms with Crippen LogP contribution in [0.2, 0.25) is 0 Å². The first-order valence-electron chi connectivity index (χ1n) is 9.68. The Morgan fingerprint density at radius 1 is 1.19 bits per heavy atom. The van der Waals surface area contributed by atoms with Crippen molar-refractivity contribution < 1.29 is 19.1 Å². The van der Waals surface area contributed by atoms with Gasteiger partial charge in [0.05, 0.1) is 17.2 Å². The lowest BCUT2D eigenvalue weighted by atomic mass is 9.90. The smallest absolute Gasteiger partial charge is 0.339 e. The Bertz CT molecular complexity index is 859. The molecule has 1 aliphatic carbocycles. The molecule has 142 valence electrons. The summed E-state index contributed by atoms with van der Waals surface area (Å²) in [5.41, 5.74) is 3.33. The minimum absolute atomic E-state index is 0.0702. The molecular weight excluding hydrogens is 344 g/mol. The molecular formula is C21H24N2O4. The van der Waals surface area contributed by atoms with E-state index in [0.717, 1.165) is 67.3 Å². The van der Waals surface area contributed by atoms with Crippen LogP contribution in [0.5, 0.6) is 0 Å². The van der Waals surface area contributed by atoms with E-state index in [2.05, 4.69) is 5.32 Å². The number of pyridine rings is 1. The summed E-state index contributed by atoms with van der Waals surface area (Å²) in [4.78, 5) is 29.6. The number of para-hydroxylation sites is 1. The van der Waals surface area contributed by atoms with Gasteiger partial charge in [0.1, 0.15) is 0 Å². The monoisotopic (exact) mass is 368 g/mol. The largest absolute Gasteiger partial charge is 0.452 e. The highest BCUT2D eigenvalue weighted by molar-refractivity contribution is 6.05. The maximum atomic E-state index is 12.8. The van der Waals surface area contributed by atoms with Crippen LogP contribution in [0, 0.1) is 0 Å². The van der Waals surface area contributed by atoms with Gasteiger partial charge in [0, 0.05) is 24.2 Å². The molecule has 2 heterocycles. The fourth-order valence-corrected chi connectivity index (χ4v) is 3.89. The first-order chi connectivity index (χ1) is 13.2. The van der Waals surface area contributed by atoms with Crippen molar-refractivity contribution in [2.75, 3.05) is 19.8 Å². The number of fused-ring (bicyclic) bond motifs is 2. The number of carbonyl (C=O) groups is 2. The maximum absolute atomic E-state index is 12.8. The zero-order chi connectivity index (χ0) is 18.6. The molecule has 1 fully saturated rings. The van der Waals surface area contributed by atoms with E-state index >= 15 is 0 Å². The second-order valence-corrected chi connectivity index (χ2v) is 7.15. The van der Waals surface area contributed by atoms with Crippen LogP contribution in [0.1, 0.15) is 47.3 Å². The van der Waals surface area contributed by atoms with Crippen molar-refractivity contribution in [2.45, 2.75) is 44.6 Å². The van der Waals surface area contributed by atoms with Gasteiger partial charge in [-0.3, -0.25) is 9.78 Å². The molecule has 1 saturated heterocycles. The zero-order valence-electron chi connectivity index (χ0n) is 15.3. The molecule has 1 aromatic carbocycles. The molecule has 0 spiro atoms. The molecule has 1 aliphatic heterocycles. The molecule has 0 bridgehead atoms. The number of esters is 1. The number of benzene rings is 1. The Kier molecular flexibility index (Phi) is 5.34. The third-order valence-electron chi connectivity index (χ3n) is 5.26. The van der Waals surface area contributed by atoms with Crippen molar-refractivity contribution in [1.29, 1.82) is 0 Å². The molecule has 1 N–H and O–H groups in total. The van der Waals surface area contributed by atoms with Crippen LogP contribution < -0.4 is 5.32 Å². The van der Waals surface area contributed by atoms with Crippen LogP contribution in [0.3, 0.4) is 0 Å². The molecule has 4 rings (SSSR count). The lowest BCUT2D eigenvalue weighted by Gasteiger charge is -2.20. The molecule has 27 heavy (non-hydrogen) atoms. The van der Waals surface area contributed by atoms with E-state index in [1.54, 1.807) is 0 Å². The van der Waals surface area contributed by atoms with Crippen LogP contribution >= 0.6 is 0 Å². The first-order valence-corrected chi connectivity index (χ1v) is 9.68. The van der Waals surface area contributed by atoms with E-state index in [-0.39, 0.29) is 18.6 Å². The summed E-state index contributed by atoms with van der Waals surface area (Å²) in [6, 6.07) is 7.61. The van der Waals surface area contributed by atoms with Crippen molar-refractivity contribution in [1.82, 2.24) is 10.3 Å². The number of hydrogen-bond acceptors (Lipinski definition) is 5. The molecule has 6 nitrogen and oxygen atoms in total. The summed E-state index contributed by atoms with van der Waals surface area (Å²) in [5, 5.41) is 3.57. The predicted molar refractivity (Wildman–Crippen MR) is 101 cm³/mol. The van der Waals surface area contributed by atoms with Gasteiger partial charge in [0.25, 0.3) is 5.91 Å². The van der Waals surface area contributed by atoms with Crippen molar-refractivity contribution in [2.24, 2.45) is 0 Å². The van der Waals surface area contributed by atoms with Crippen molar-refractivity contribution in [3.05, 3.63) is 41.1 Å². The Morgan fingerprint density at radius 2 is 2.04 bits per heavy atom. The minimum Gasteiger partial charge on any atom is -0.452 e. The molecule has 6 heteroatoms. The molecule has 0 saturated carbocycles. The number of aryl methyl sites for hydroxylation is 1. The van der Waals surface area contributed by atoms with Crippen molar-refractivity contribution in [3.63, 3.8) is 0 Å². The van der Waals surface area contributed by atoms with Crippen LogP contribution in [0.4, 0.5) is 0 Å². The van der Waals surface area contributed by atoms with Gasteiger partial charge in [-0.25, -0.2) is 4.79 Å². The average Bonchev–Trinajstić information content (AvgIpc) is 3.22. The normalized spacial score (nSPS) is 18.9. The Morgan fingerprint density at radius 3 is 2.89 bits per heavy atom. The number of rotatable bonds is 5. The van der Waals surface area contributed by atoms with Gasteiger partial charge in [-0.1, -0.05) is 18.2 Å².